The van der Waals surface area contributed by atoms with Crippen LogP contribution in [-0.4, -0.2) is 37.7 Å². The van der Waals surface area contributed by atoms with Crippen molar-refractivity contribution >= 4 is 21.5 Å². The van der Waals surface area contributed by atoms with Gasteiger partial charge < -0.3 is 14.5 Å². The topological polar surface area (TPSA) is 103 Å². The number of hydrogen-bond donors (Lipinski definition) is 1. The third-order valence-electron chi connectivity index (χ3n) is 5.42. The number of sulfone groups is 1. The van der Waals surface area contributed by atoms with Crippen molar-refractivity contribution in [2.24, 2.45) is 5.92 Å². The summed E-state index contributed by atoms with van der Waals surface area (Å²) in [4.78, 5) is 24.5. The van der Waals surface area contributed by atoms with E-state index in [2.05, 4.69) is 5.32 Å². The molecule has 150 valence electrons. The number of ketones is 1. The van der Waals surface area contributed by atoms with E-state index in [1.165, 1.54) is 12.5 Å². The van der Waals surface area contributed by atoms with Crippen LogP contribution in [0.25, 0.3) is 0 Å². The summed E-state index contributed by atoms with van der Waals surface area (Å²) in [6.07, 6.45) is 8.32. The standard InChI is InChI=1S/C19H27NO6S/c1-19(10-16(21)12-26-19)20-18(22)17(9-14-5-3-2-4-6-14)27(23,24)13-15-7-8-25-11-15/h7-8,11,14,17H,2-6,9-10,12-13H2,1H3,(H,20,22). The molecule has 2 fully saturated rings. The molecule has 0 bridgehead atoms. The molecule has 1 aromatic heterocycles. The SMILES string of the molecule is CC1(NC(=O)C(CC2CCCCC2)S(=O)(=O)Cc2ccoc2)CC(=O)CO1. The van der Waals surface area contributed by atoms with Gasteiger partial charge in [-0.3, -0.25) is 9.59 Å². The number of carbonyl (C=O) groups is 2. The fourth-order valence-corrected chi connectivity index (χ4v) is 5.77. The molecule has 1 aliphatic carbocycles. The molecule has 2 atom stereocenters. The van der Waals surface area contributed by atoms with Gasteiger partial charge in [-0.1, -0.05) is 32.1 Å². The minimum atomic E-state index is -3.74. The van der Waals surface area contributed by atoms with Gasteiger partial charge in [-0.15, -0.1) is 0 Å². The Morgan fingerprint density at radius 1 is 1.33 bits per heavy atom. The predicted octanol–water partition coefficient (Wildman–Crippen LogP) is 2.36. The van der Waals surface area contributed by atoms with Crippen molar-refractivity contribution < 1.29 is 27.2 Å². The quantitative estimate of drug-likeness (QED) is 0.758. The molecule has 2 unspecified atom stereocenters. The number of nitrogens with one attached hydrogen (secondary N) is 1. The van der Waals surface area contributed by atoms with E-state index in [1.807, 2.05) is 0 Å². The molecule has 1 aliphatic heterocycles. The molecule has 0 spiro atoms. The van der Waals surface area contributed by atoms with Crippen molar-refractivity contribution in [2.45, 2.75) is 68.6 Å². The number of carbonyl (C=O) groups excluding carboxylic acids is 2. The summed E-state index contributed by atoms with van der Waals surface area (Å²) in [6.45, 7) is 1.54. The first kappa shape index (κ1) is 20.1. The van der Waals surface area contributed by atoms with Crippen molar-refractivity contribution in [3.05, 3.63) is 24.2 Å². The smallest absolute Gasteiger partial charge is 0.240 e. The minimum Gasteiger partial charge on any atom is -0.472 e. The number of amides is 1. The monoisotopic (exact) mass is 397 g/mol. The zero-order valence-corrected chi connectivity index (χ0v) is 16.4. The van der Waals surface area contributed by atoms with Gasteiger partial charge in [0.25, 0.3) is 0 Å². The Kier molecular flexibility index (Phi) is 6.05. The van der Waals surface area contributed by atoms with Crippen LogP contribution in [0.1, 0.15) is 57.4 Å². The van der Waals surface area contributed by atoms with Gasteiger partial charge >= 0.3 is 0 Å². The lowest BCUT2D eigenvalue weighted by molar-refractivity contribution is -0.129. The Labute approximate surface area is 159 Å². The molecule has 27 heavy (non-hydrogen) atoms. The highest BCUT2D eigenvalue weighted by Gasteiger charge is 2.42. The predicted molar refractivity (Wildman–Crippen MR) is 98.4 cm³/mol. The molecule has 2 aliphatic rings. The second-order valence-corrected chi connectivity index (χ2v) is 10.1. The lowest BCUT2D eigenvalue weighted by atomic mass is 9.86. The summed E-state index contributed by atoms with van der Waals surface area (Å²) in [7, 11) is -3.74. The van der Waals surface area contributed by atoms with Gasteiger partial charge in [0.15, 0.2) is 15.6 Å². The molecule has 3 rings (SSSR count). The van der Waals surface area contributed by atoms with Crippen molar-refractivity contribution in [1.82, 2.24) is 5.32 Å². The van der Waals surface area contributed by atoms with E-state index in [0.29, 0.717) is 12.0 Å². The Morgan fingerprint density at radius 2 is 2.07 bits per heavy atom. The van der Waals surface area contributed by atoms with E-state index in [-0.39, 0.29) is 30.5 Å². The average molecular weight is 397 g/mol. The summed E-state index contributed by atoms with van der Waals surface area (Å²) >= 11 is 0. The Morgan fingerprint density at radius 3 is 2.67 bits per heavy atom. The van der Waals surface area contributed by atoms with E-state index in [1.54, 1.807) is 13.0 Å². The summed E-state index contributed by atoms with van der Waals surface area (Å²) in [6, 6.07) is 1.59. The molecule has 1 saturated heterocycles. The lowest BCUT2D eigenvalue weighted by Gasteiger charge is -2.29. The van der Waals surface area contributed by atoms with Crippen molar-refractivity contribution in [1.29, 1.82) is 0 Å². The maximum absolute atomic E-state index is 13.0. The van der Waals surface area contributed by atoms with Gasteiger partial charge in [0, 0.05) is 5.56 Å². The number of hydrogen-bond acceptors (Lipinski definition) is 6. The van der Waals surface area contributed by atoms with Crippen LogP contribution >= 0.6 is 0 Å². The van der Waals surface area contributed by atoms with E-state index < -0.39 is 26.7 Å². The van der Waals surface area contributed by atoms with E-state index in [9.17, 15) is 18.0 Å². The van der Waals surface area contributed by atoms with Crippen LogP contribution in [0.2, 0.25) is 0 Å². The highest BCUT2D eigenvalue weighted by molar-refractivity contribution is 7.92. The maximum atomic E-state index is 13.0. The minimum absolute atomic E-state index is 0.0522. The van der Waals surface area contributed by atoms with Crippen molar-refractivity contribution in [3.63, 3.8) is 0 Å². The van der Waals surface area contributed by atoms with Gasteiger partial charge in [-0.05, 0) is 25.3 Å². The Balaban J connectivity index is 1.77. The molecule has 1 N–H and O–H groups in total. The van der Waals surface area contributed by atoms with Crippen LogP contribution in [-0.2, 0) is 29.9 Å². The van der Waals surface area contributed by atoms with Gasteiger partial charge in [-0.2, -0.15) is 0 Å². The van der Waals surface area contributed by atoms with E-state index >= 15 is 0 Å². The zero-order chi connectivity index (χ0) is 19.5. The normalized spacial score (nSPS) is 25.4. The molecular weight excluding hydrogens is 370 g/mol. The molecule has 2 heterocycles. The van der Waals surface area contributed by atoms with Crippen molar-refractivity contribution in [3.8, 4) is 0 Å². The van der Waals surface area contributed by atoms with Crippen LogP contribution in [0.5, 0.6) is 0 Å². The first-order valence-corrected chi connectivity index (χ1v) is 11.2. The molecular formula is C19H27NO6S. The highest BCUT2D eigenvalue weighted by atomic mass is 32.2. The van der Waals surface area contributed by atoms with Crippen molar-refractivity contribution in [2.75, 3.05) is 6.61 Å². The van der Waals surface area contributed by atoms with Crippen LogP contribution in [0.4, 0.5) is 0 Å². The fraction of sp³-hybridized carbons (Fsp3) is 0.684. The number of furan rings is 1. The number of rotatable bonds is 7. The molecule has 0 aromatic carbocycles. The third-order valence-corrected chi connectivity index (χ3v) is 7.43. The molecule has 0 radical (unpaired) electrons. The summed E-state index contributed by atoms with van der Waals surface area (Å²) in [5.74, 6) is -0.720. The number of ether oxygens (including phenoxy) is 1. The summed E-state index contributed by atoms with van der Waals surface area (Å²) < 4.78 is 36.4. The first-order valence-electron chi connectivity index (χ1n) is 9.48. The largest absolute Gasteiger partial charge is 0.472 e. The highest BCUT2D eigenvalue weighted by Crippen LogP contribution is 2.31. The van der Waals surface area contributed by atoms with Crippen LogP contribution < -0.4 is 5.32 Å². The molecule has 1 saturated carbocycles. The van der Waals surface area contributed by atoms with Gasteiger partial charge in [-0.25, -0.2) is 8.42 Å². The number of Topliss-reactive ketones (excluding diaryl/α,β-unsaturated/α-hetero) is 1. The maximum Gasteiger partial charge on any atom is 0.240 e. The lowest BCUT2D eigenvalue weighted by Crippen LogP contribution is -2.52. The van der Waals surface area contributed by atoms with Gasteiger partial charge in [0.2, 0.25) is 5.91 Å². The van der Waals surface area contributed by atoms with Crippen LogP contribution in [0.3, 0.4) is 0 Å². The summed E-state index contributed by atoms with van der Waals surface area (Å²) in [5.41, 5.74) is -0.612. The van der Waals surface area contributed by atoms with E-state index in [4.69, 9.17) is 9.15 Å². The second-order valence-electron chi connectivity index (χ2n) is 7.89. The molecule has 7 nitrogen and oxygen atoms in total. The van der Waals surface area contributed by atoms with Crippen LogP contribution in [0, 0.1) is 5.92 Å². The zero-order valence-electron chi connectivity index (χ0n) is 15.6. The van der Waals surface area contributed by atoms with E-state index in [0.717, 1.165) is 32.1 Å². The summed E-state index contributed by atoms with van der Waals surface area (Å²) in [5, 5.41) is 1.52. The Bertz CT molecular complexity index is 766. The molecule has 8 heteroatoms. The molecule has 1 amide bonds. The average Bonchev–Trinajstić information content (AvgIpc) is 3.22. The third kappa shape index (κ3) is 5.19. The second kappa shape index (κ2) is 8.14. The van der Waals surface area contributed by atoms with Gasteiger partial charge in [0.1, 0.15) is 17.6 Å². The van der Waals surface area contributed by atoms with Crippen LogP contribution in [0.15, 0.2) is 23.0 Å². The first-order chi connectivity index (χ1) is 12.8. The Hall–Kier alpha value is -1.67. The fourth-order valence-electron chi connectivity index (χ4n) is 3.99. The molecule has 1 aromatic rings. The van der Waals surface area contributed by atoms with Gasteiger partial charge in [0.05, 0.1) is 24.7 Å².